The predicted molar refractivity (Wildman–Crippen MR) is 85.1 cm³/mol. The first-order valence-corrected chi connectivity index (χ1v) is 8.47. The molecule has 0 aliphatic carbocycles. The van der Waals surface area contributed by atoms with Crippen molar-refractivity contribution in [3.8, 4) is 0 Å². The van der Waals surface area contributed by atoms with Crippen LogP contribution in [0.15, 0.2) is 53.4 Å². The van der Waals surface area contributed by atoms with Gasteiger partial charge in [-0.2, -0.15) is 0 Å². The molecule has 122 valence electrons. The molecule has 0 atom stereocenters. The average molecular weight is 336 g/mol. The lowest BCUT2D eigenvalue weighted by molar-refractivity contribution is 0.0954. The molecular formula is C16H17FN2O3S. The SMILES string of the molecule is Cc1cc(F)ccc1S(=O)(=O)NCCNC(=O)c1ccccc1. The summed E-state index contributed by atoms with van der Waals surface area (Å²) in [5.41, 5.74) is 0.829. The van der Waals surface area contributed by atoms with E-state index in [9.17, 15) is 17.6 Å². The molecule has 0 radical (unpaired) electrons. The zero-order valence-corrected chi connectivity index (χ0v) is 13.4. The van der Waals surface area contributed by atoms with Gasteiger partial charge in [-0.25, -0.2) is 17.5 Å². The second kappa shape index (κ2) is 7.34. The summed E-state index contributed by atoms with van der Waals surface area (Å²) in [6, 6.07) is 12.1. The van der Waals surface area contributed by atoms with Crippen LogP contribution in [-0.4, -0.2) is 27.4 Å². The molecule has 0 saturated carbocycles. The third-order valence-corrected chi connectivity index (χ3v) is 4.79. The smallest absolute Gasteiger partial charge is 0.251 e. The minimum absolute atomic E-state index is 0.0216. The molecule has 5 nitrogen and oxygen atoms in total. The third-order valence-electron chi connectivity index (χ3n) is 3.17. The highest BCUT2D eigenvalue weighted by Gasteiger charge is 2.16. The summed E-state index contributed by atoms with van der Waals surface area (Å²) >= 11 is 0. The molecule has 7 heteroatoms. The van der Waals surface area contributed by atoms with Gasteiger partial charge in [0, 0.05) is 18.7 Å². The first-order valence-electron chi connectivity index (χ1n) is 6.99. The second-order valence-corrected chi connectivity index (χ2v) is 6.66. The first-order chi connectivity index (χ1) is 10.9. The standard InChI is InChI=1S/C16H17FN2O3S/c1-12-11-14(17)7-8-15(12)23(21,22)19-10-9-18-16(20)13-5-3-2-4-6-13/h2-8,11,19H,9-10H2,1H3,(H,18,20). The molecule has 0 aromatic heterocycles. The van der Waals surface area contributed by atoms with Crippen molar-refractivity contribution >= 4 is 15.9 Å². The van der Waals surface area contributed by atoms with E-state index in [0.717, 1.165) is 12.1 Å². The summed E-state index contributed by atoms with van der Waals surface area (Å²) in [7, 11) is -3.74. The van der Waals surface area contributed by atoms with Crippen LogP contribution in [0.2, 0.25) is 0 Å². The number of sulfonamides is 1. The first kappa shape index (κ1) is 17.1. The molecule has 23 heavy (non-hydrogen) atoms. The van der Waals surface area contributed by atoms with Crippen molar-refractivity contribution in [3.63, 3.8) is 0 Å². The highest BCUT2D eigenvalue weighted by atomic mass is 32.2. The van der Waals surface area contributed by atoms with Gasteiger partial charge in [-0.05, 0) is 42.8 Å². The molecule has 0 unspecified atom stereocenters. The van der Waals surface area contributed by atoms with E-state index in [2.05, 4.69) is 10.0 Å². The summed E-state index contributed by atoms with van der Waals surface area (Å²) in [5.74, 6) is -0.765. The van der Waals surface area contributed by atoms with Gasteiger partial charge in [0.15, 0.2) is 0 Å². The molecule has 2 N–H and O–H groups in total. The maximum Gasteiger partial charge on any atom is 0.251 e. The number of hydrogen-bond acceptors (Lipinski definition) is 3. The largest absolute Gasteiger partial charge is 0.351 e. The van der Waals surface area contributed by atoms with Gasteiger partial charge in [0.1, 0.15) is 5.82 Å². The Labute approximate surface area is 134 Å². The van der Waals surface area contributed by atoms with Crippen LogP contribution in [-0.2, 0) is 10.0 Å². The Kier molecular flexibility index (Phi) is 5.46. The van der Waals surface area contributed by atoms with Gasteiger partial charge in [-0.1, -0.05) is 18.2 Å². The molecule has 0 aliphatic rings. The quantitative estimate of drug-likeness (QED) is 0.791. The van der Waals surface area contributed by atoms with E-state index in [1.165, 1.54) is 13.0 Å². The zero-order chi connectivity index (χ0) is 16.9. The monoisotopic (exact) mass is 336 g/mol. The minimum atomic E-state index is -3.74. The number of carbonyl (C=O) groups is 1. The van der Waals surface area contributed by atoms with Crippen LogP contribution in [0.4, 0.5) is 4.39 Å². The lowest BCUT2D eigenvalue weighted by Crippen LogP contribution is -2.34. The van der Waals surface area contributed by atoms with Crippen LogP contribution in [0.3, 0.4) is 0 Å². The summed E-state index contributed by atoms with van der Waals surface area (Å²) < 4.78 is 39.7. The predicted octanol–water partition coefficient (Wildman–Crippen LogP) is 1.84. The number of halogens is 1. The van der Waals surface area contributed by atoms with Crippen molar-refractivity contribution in [2.45, 2.75) is 11.8 Å². The van der Waals surface area contributed by atoms with Gasteiger partial charge in [0.05, 0.1) is 4.90 Å². The number of amides is 1. The molecular weight excluding hydrogens is 319 g/mol. The summed E-state index contributed by atoms with van der Waals surface area (Å²) in [6.45, 7) is 1.71. The molecule has 0 spiro atoms. The second-order valence-electron chi connectivity index (χ2n) is 4.93. The lowest BCUT2D eigenvalue weighted by atomic mass is 10.2. The van der Waals surface area contributed by atoms with Gasteiger partial charge in [0.25, 0.3) is 5.91 Å². The third kappa shape index (κ3) is 4.61. The molecule has 2 rings (SSSR count). The van der Waals surface area contributed by atoms with Crippen molar-refractivity contribution in [1.29, 1.82) is 0 Å². The van der Waals surface area contributed by atoms with E-state index >= 15 is 0 Å². The summed E-state index contributed by atoms with van der Waals surface area (Å²) in [4.78, 5) is 11.8. The van der Waals surface area contributed by atoms with Crippen molar-refractivity contribution in [1.82, 2.24) is 10.0 Å². The highest BCUT2D eigenvalue weighted by molar-refractivity contribution is 7.89. The van der Waals surface area contributed by atoms with Crippen LogP contribution in [0.5, 0.6) is 0 Å². The van der Waals surface area contributed by atoms with E-state index in [0.29, 0.717) is 11.1 Å². The number of benzene rings is 2. The molecule has 0 saturated heterocycles. The molecule has 0 bridgehead atoms. The fourth-order valence-electron chi connectivity index (χ4n) is 2.05. The van der Waals surface area contributed by atoms with Crippen molar-refractivity contribution in [3.05, 3.63) is 65.5 Å². The van der Waals surface area contributed by atoms with Crippen LogP contribution < -0.4 is 10.0 Å². The number of hydrogen-bond donors (Lipinski definition) is 2. The van der Waals surface area contributed by atoms with E-state index in [1.807, 2.05) is 0 Å². The fourth-order valence-corrected chi connectivity index (χ4v) is 3.30. The van der Waals surface area contributed by atoms with Crippen molar-refractivity contribution < 1.29 is 17.6 Å². The van der Waals surface area contributed by atoms with Gasteiger partial charge in [-0.3, -0.25) is 4.79 Å². The molecule has 2 aromatic carbocycles. The molecule has 1 amide bonds. The Bertz CT molecular complexity index is 792. The topological polar surface area (TPSA) is 75.3 Å². The number of rotatable bonds is 6. The Morgan fingerprint density at radius 1 is 1.09 bits per heavy atom. The molecule has 0 aliphatic heterocycles. The van der Waals surface area contributed by atoms with Gasteiger partial charge in [0.2, 0.25) is 10.0 Å². The lowest BCUT2D eigenvalue weighted by Gasteiger charge is -2.10. The minimum Gasteiger partial charge on any atom is -0.351 e. The fraction of sp³-hybridized carbons (Fsp3) is 0.188. The van der Waals surface area contributed by atoms with E-state index in [-0.39, 0.29) is 23.9 Å². The Morgan fingerprint density at radius 2 is 1.78 bits per heavy atom. The Balaban J connectivity index is 1.89. The van der Waals surface area contributed by atoms with Crippen LogP contribution in [0, 0.1) is 12.7 Å². The summed E-state index contributed by atoms with van der Waals surface area (Å²) in [5, 5.41) is 2.62. The maximum atomic E-state index is 13.0. The highest BCUT2D eigenvalue weighted by Crippen LogP contribution is 2.15. The van der Waals surface area contributed by atoms with Crippen LogP contribution in [0.25, 0.3) is 0 Å². The molecule has 0 heterocycles. The molecule has 2 aromatic rings. The van der Waals surface area contributed by atoms with Crippen molar-refractivity contribution in [2.24, 2.45) is 0 Å². The van der Waals surface area contributed by atoms with Crippen LogP contribution >= 0.6 is 0 Å². The van der Waals surface area contributed by atoms with Crippen molar-refractivity contribution in [2.75, 3.05) is 13.1 Å². The average Bonchev–Trinajstić information content (AvgIpc) is 2.52. The maximum absolute atomic E-state index is 13.0. The van der Waals surface area contributed by atoms with Gasteiger partial charge >= 0.3 is 0 Å². The number of nitrogens with one attached hydrogen (secondary N) is 2. The van der Waals surface area contributed by atoms with Gasteiger partial charge in [-0.15, -0.1) is 0 Å². The van der Waals surface area contributed by atoms with Crippen LogP contribution in [0.1, 0.15) is 15.9 Å². The Hall–Kier alpha value is -2.25. The zero-order valence-electron chi connectivity index (χ0n) is 12.5. The number of carbonyl (C=O) groups excluding carboxylic acids is 1. The molecule has 0 fully saturated rings. The van der Waals surface area contributed by atoms with E-state index in [4.69, 9.17) is 0 Å². The number of aryl methyl sites for hydroxylation is 1. The summed E-state index contributed by atoms with van der Waals surface area (Å²) in [6.07, 6.45) is 0. The van der Waals surface area contributed by atoms with E-state index in [1.54, 1.807) is 30.3 Å². The Morgan fingerprint density at radius 3 is 2.43 bits per heavy atom. The van der Waals surface area contributed by atoms with E-state index < -0.39 is 15.8 Å². The normalized spacial score (nSPS) is 11.2. The van der Waals surface area contributed by atoms with Gasteiger partial charge < -0.3 is 5.32 Å².